The number of benzene rings is 1. The fourth-order valence-corrected chi connectivity index (χ4v) is 2.36. The highest BCUT2D eigenvalue weighted by Crippen LogP contribution is 2.27. The average molecular weight is 298 g/mol. The van der Waals surface area contributed by atoms with E-state index in [2.05, 4.69) is 15.2 Å². The Kier molecular flexibility index (Phi) is 3.66. The molecule has 2 heterocycles. The number of hydrogen-bond acceptors (Lipinski definition) is 5. The maximum absolute atomic E-state index is 5.40. The maximum Gasteiger partial charge on any atom is 0.276 e. The molecule has 6 heteroatoms. The van der Waals surface area contributed by atoms with Gasteiger partial charge in [0.15, 0.2) is 0 Å². The van der Waals surface area contributed by atoms with Gasteiger partial charge in [-0.2, -0.15) is 10.1 Å². The van der Waals surface area contributed by atoms with Crippen LogP contribution in [0.15, 0.2) is 28.8 Å². The van der Waals surface area contributed by atoms with E-state index >= 15 is 0 Å². The Morgan fingerprint density at radius 3 is 2.77 bits per heavy atom. The molecule has 2 aromatic heterocycles. The molecule has 0 bridgehead atoms. The summed E-state index contributed by atoms with van der Waals surface area (Å²) in [5.74, 6) is 1.81. The summed E-state index contributed by atoms with van der Waals surface area (Å²) in [6.07, 6.45) is 0. The summed E-state index contributed by atoms with van der Waals surface area (Å²) in [5, 5.41) is 8.47. The normalized spacial score (nSPS) is 10.9. The van der Waals surface area contributed by atoms with Crippen molar-refractivity contribution in [2.75, 3.05) is 7.11 Å². The Balaban J connectivity index is 2.00. The predicted molar refractivity (Wildman–Crippen MR) is 82.7 cm³/mol. The summed E-state index contributed by atoms with van der Waals surface area (Å²) in [5.41, 5.74) is 3.68. The Morgan fingerprint density at radius 1 is 1.23 bits per heavy atom. The average Bonchev–Trinajstić information content (AvgIpc) is 3.14. The number of hydrogen-bond donors (Lipinski definition) is 0. The van der Waals surface area contributed by atoms with Crippen LogP contribution >= 0.6 is 0 Å². The molecule has 3 rings (SSSR count). The molecule has 0 saturated heterocycles. The first-order valence-corrected chi connectivity index (χ1v) is 7.16. The molecule has 114 valence electrons. The van der Waals surface area contributed by atoms with E-state index < -0.39 is 0 Å². The Bertz CT molecular complexity index is 804. The zero-order chi connectivity index (χ0) is 15.7. The summed E-state index contributed by atoms with van der Waals surface area (Å²) in [7, 11) is 1.65. The number of nitrogens with zero attached hydrogens (tertiary/aromatic N) is 4. The topological polar surface area (TPSA) is 66.0 Å². The molecule has 22 heavy (non-hydrogen) atoms. The van der Waals surface area contributed by atoms with Crippen molar-refractivity contribution >= 4 is 0 Å². The van der Waals surface area contributed by atoms with Crippen LogP contribution in [0.25, 0.3) is 23.0 Å². The number of rotatable bonds is 4. The van der Waals surface area contributed by atoms with Gasteiger partial charge in [0.1, 0.15) is 11.4 Å². The summed E-state index contributed by atoms with van der Waals surface area (Å²) in [4.78, 5) is 4.48. The molecule has 0 aliphatic heterocycles. The van der Waals surface area contributed by atoms with Crippen LogP contribution in [-0.4, -0.2) is 27.0 Å². The Hall–Kier alpha value is -2.63. The summed E-state index contributed by atoms with van der Waals surface area (Å²) in [6, 6.07) is 7.78. The van der Waals surface area contributed by atoms with Crippen molar-refractivity contribution in [1.29, 1.82) is 0 Å². The first-order valence-electron chi connectivity index (χ1n) is 7.16. The first kappa shape index (κ1) is 14.3. The molecule has 0 atom stereocenters. The molecule has 0 aliphatic carbocycles. The van der Waals surface area contributed by atoms with Gasteiger partial charge in [0.2, 0.25) is 5.82 Å². The minimum atomic E-state index is 0.469. The van der Waals surface area contributed by atoms with Crippen LogP contribution in [0, 0.1) is 13.8 Å². The molecular weight excluding hydrogens is 280 g/mol. The number of aryl methyl sites for hydroxylation is 3. The minimum absolute atomic E-state index is 0.469. The van der Waals surface area contributed by atoms with Crippen LogP contribution in [0.2, 0.25) is 0 Å². The van der Waals surface area contributed by atoms with Gasteiger partial charge < -0.3 is 9.26 Å². The molecule has 0 aliphatic rings. The zero-order valence-electron chi connectivity index (χ0n) is 13.1. The first-order chi connectivity index (χ1) is 10.6. The van der Waals surface area contributed by atoms with Crippen LogP contribution in [0.3, 0.4) is 0 Å². The van der Waals surface area contributed by atoms with E-state index in [1.54, 1.807) is 7.11 Å². The number of methoxy groups -OCH3 is 1. The quantitative estimate of drug-likeness (QED) is 0.739. The van der Waals surface area contributed by atoms with Gasteiger partial charge in [-0.15, -0.1) is 0 Å². The van der Waals surface area contributed by atoms with Crippen molar-refractivity contribution in [1.82, 2.24) is 19.9 Å². The summed E-state index contributed by atoms with van der Waals surface area (Å²) < 4.78 is 12.6. The lowest BCUT2D eigenvalue weighted by atomic mass is 10.1. The predicted octanol–water partition coefficient (Wildman–Crippen LogP) is 3.25. The lowest BCUT2D eigenvalue weighted by Gasteiger charge is -2.04. The smallest absolute Gasteiger partial charge is 0.276 e. The maximum atomic E-state index is 5.40. The van der Waals surface area contributed by atoms with Crippen LogP contribution < -0.4 is 4.74 Å². The van der Waals surface area contributed by atoms with Crippen molar-refractivity contribution in [2.24, 2.45) is 0 Å². The van der Waals surface area contributed by atoms with E-state index in [9.17, 15) is 0 Å². The largest absolute Gasteiger partial charge is 0.496 e. The Labute approximate surface area is 128 Å². The van der Waals surface area contributed by atoms with Crippen LogP contribution in [0.4, 0.5) is 0 Å². The summed E-state index contributed by atoms with van der Waals surface area (Å²) >= 11 is 0. The van der Waals surface area contributed by atoms with Crippen LogP contribution in [-0.2, 0) is 6.54 Å². The van der Waals surface area contributed by atoms with Crippen molar-refractivity contribution < 1.29 is 9.26 Å². The molecule has 0 spiro atoms. The van der Waals surface area contributed by atoms with Crippen molar-refractivity contribution in [3.05, 3.63) is 35.5 Å². The van der Waals surface area contributed by atoms with E-state index in [0.717, 1.165) is 34.8 Å². The highest BCUT2D eigenvalue weighted by Gasteiger charge is 2.16. The molecule has 0 fully saturated rings. The van der Waals surface area contributed by atoms with E-state index in [-0.39, 0.29) is 0 Å². The van der Waals surface area contributed by atoms with Gasteiger partial charge in [-0.25, -0.2) is 0 Å². The highest BCUT2D eigenvalue weighted by atomic mass is 16.5. The fourth-order valence-electron chi connectivity index (χ4n) is 2.36. The van der Waals surface area contributed by atoms with Crippen LogP contribution in [0.5, 0.6) is 5.75 Å². The fraction of sp³-hybridized carbons (Fsp3) is 0.312. The SMILES string of the molecule is CCn1nc(C)cc1-c1nc(-c2ccc(C)c(OC)c2)no1. The van der Waals surface area contributed by atoms with Crippen molar-refractivity contribution in [3.8, 4) is 28.7 Å². The van der Waals surface area contributed by atoms with Gasteiger partial charge in [0.25, 0.3) is 5.89 Å². The third kappa shape index (κ3) is 2.47. The third-order valence-corrected chi connectivity index (χ3v) is 3.51. The number of ether oxygens (including phenoxy) is 1. The van der Waals surface area contributed by atoms with Crippen LogP contribution in [0.1, 0.15) is 18.2 Å². The van der Waals surface area contributed by atoms with Crippen molar-refractivity contribution in [3.63, 3.8) is 0 Å². The van der Waals surface area contributed by atoms with Gasteiger partial charge in [-0.05, 0) is 38.5 Å². The molecule has 0 unspecified atom stereocenters. The molecule has 0 saturated carbocycles. The number of aromatic nitrogens is 4. The van der Waals surface area contributed by atoms with E-state index in [1.165, 1.54) is 0 Å². The molecule has 3 aromatic rings. The monoisotopic (exact) mass is 298 g/mol. The molecular formula is C16H18N4O2. The molecule has 0 radical (unpaired) electrons. The van der Waals surface area contributed by atoms with Gasteiger partial charge in [0.05, 0.1) is 12.8 Å². The van der Waals surface area contributed by atoms with Gasteiger partial charge in [-0.1, -0.05) is 17.3 Å². The molecule has 0 N–H and O–H groups in total. The van der Waals surface area contributed by atoms with Gasteiger partial charge in [-0.3, -0.25) is 4.68 Å². The molecule has 1 aromatic carbocycles. The molecule has 6 nitrogen and oxygen atoms in total. The van der Waals surface area contributed by atoms with Crippen molar-refractivity contribution in [2.45, 2.75) is 27.3 Å². The van der Waals surface area contributed by atoms with E-state index in [1.807, 2.05) is 49.7 Å². The van der Waals surface area contributed by atoms with Gasteiger partial charge in [0, 0.05) is 12.1 Å². The zero-order valence-corrected chi connectivity index (χ0v) is 13.1. The van der Waals surface area contributed by atoms with E-state index in [0.29, 0.717) is 11.7 Å². The third-order valence-electron chi connectivity index (χ3n) is 3.51. The van der Waals surface area contributed by atoms with E-state index in [4.69, 9.17) is 9.26 Å². The van der Waals surface area contributed by atoms with Gasteiger partial charge >= 0.3 is 0 Å². The Morgan fingerprint density at radius 2 is 2.05 bits per heavy atom. The lowest BCUT2D eigenvalue weighted by Crippen LogP contribution is -1.99. The summed E-state index contributed by atoms with van der Waals surface area (Å²) in [6.45, 7) is 6.71. The highest BCUT2D eigenvalue weighted by molar-refractivity contribution is 5.61. The second-order valence-corrected chi connectivity index (χ2v) is 5.09. The molecule has 0 amide bonds. The second-order valence-electron chi connectivity index (χ2n) is 5.09. The minimum Gasteiger partial charge on any atom is -0.496 e. The lowest BCUT2D eigenvalue weighted by molar-refractivity contribution is 0.411. The standard InChI is InChI=1S/C16H18N4O2/c1-5-20-13(8-11(3)18-20)16-17-15(19-22-16)12-7-6-10(2)14(9-12)21-4/h6-9H,5H2,1-4H3. The second kappa shape index (κ2) is 5.63.